The Hall–Kier alpha value is -5.69. The zero-order valence-corrected chi connectivity index (χ0v) is 37.3. The molecule has 12 nitrogen and oxygen atoms in total. The molecule has 0 fully saturated rings. The van der Waals surface area contributed by atoms with Gasteiger partial charge < -0.3 is 31.5 Å². The first-order chi connectivity index (χ1) is 30.1. The molecule has 4 aromatic carbocycles. The molecule has 0 saturated heterocycles. The van der Waals surface area contributed by atoms with Crippen molar-refractivity contribution in [3.63, 3.8) is 0 Å². The smallest absolute Gasteiger partial charge is 0.226 e. The van der Waals surface area contributed by atoms with E-state index in [2.05, 4.69) is 5.32 Å². The van der Waals surface area contributed by atoms with Crippen LogP contribution < -0.4 is 21.5 Å². The van der Waals surface area contributed by atoms with Gasteiger partial charge >= 0.3 is 0 Å². The summed E-state index contributed by atoms with van der Waals surface area (Å²) in [6, 6.07) is 22.2. The summed E-state index contributed by atoms with van der Waals surface area (Å²) in [4.78, 5) is 84.4. The Bertz CT molecular complexity index is 2280. The van der Waals surface area contributed by atoms with Gasteiger partial charge in [-0.15, -0.1) is 0 Å². The molecule has 0 spiro atoms. The normalized spacial score (nSPS) is 17.5. The molecule has 0 aliphatic carbocycles. The van der Waals surface area contributed by atoms with E-state index in [1.54, 1.807) is 68.4 Å². The van der Waals surface area contributed by atoms with Crippen LogP contribution >= 0.6 is 11.6 Å². The van der Waals surface area contributed by atoms with Crippen LogP contribution in [0.1, 0.15) is 93.2 Å². The quantitative estimate of drug-likeness (QED) is 0.0575. The highest BCUT2D eigenvalue weighted by atomic mass is 35.5. The second-order valence-corrected chi connectivity index (χ2v) is 17.1. The number of phenolic OH excluding ortho intramolecular Hbond substituents is 1. The van der Waals surface area contributed by atoms with E-state index in [9.17, 15) is 33.9 Å². The van der Waals surface area contributed by atoms with Gasteiger partial charge in [0.25, 0.3) is 0 Å². The van der Waals surface area contributed by atoms with Crippen LogP contribution in [0.2, 0.25) is 5.02 Å². The Morgan fingerprint density at radius 1 is 0.857 bits per heavy atom. The van der Waals surface area contributed by atoms with Crippen LogP contribution in [-0.2, 0) is 30.4 Å². The fourth-order valence-corrected chi connectivity index (χ4v) is 7.98. The summed E-state index contributed by atoms with van der Waals surface area (Å²) >= 11 is 6.07. The Kier molecular flexibility index (Phi) is 17.3. The predicted octanol–water partition coefficient (Wildman–Crippen LogP) is 7.45. The molecule has 6 N–H and O–H groups in total. The number of unbranched alkanes of at least 4 members (excludes halogenated alkanes) is 1. The van der Waals surface area contributed by atoms with Crippen molar-refractivity contribution in [1.29, 1.82) is 0 Å². The minimum atomic E-state index is -1.22. The number of ketones is 4. The Labute approximate surface area is 374 Å². The van der Waals surface area contributed by atoms with Gasteiger partial charge in [-0.05, 0) is 104 Å². The third-order valence-electron chi connectivity index (χ3n) is 11.8. The number of carbonyl (C=O) groups excluding carboxylic acids is 6. The van der Waals surface area contributed by atoms with Gasteiger partial charge in [0.2, 0.25) is 11.8 Å². The van der Waals surface area contributed by atoms with Crippen molar-refractivity contribution in [3.05, 3.63) is 107 Å². The van der Waals surface area contributed by atoms with Gasteiger partial charge in [0.15, 0.2) is 17.3 Å². The molecule has 63 heavy (non-hydrogen) atoms. The molecule has 0 saturated carbocycles. The van der Waals surface area contributed by atoms with Gasteiger partial charge in [-0.1, -0.05) is 80.4 Å². The van der Waals surface area contributed by atoms with Crippen LogP contribution in [0, 0.1) is 17.8 Å². The molecule has 1 heterocycles. The van der Waals surface area contributed by atoms with Gasteiger partial charge in [-0.25, -0.2) is 0 Å². The monoisotopic (exact) mass is 878 g/mol. The van der Waals surface area contributed by atoms with Crippen molar-refractivity contribution in [1.82, 2.24) is 10.2 Å². The summed E-state index contributed by atoms with van der Waals surface area (Å²) in [6.45, 7) is 5.69. The van der Waals surface area contributed by atoms with Gasteiger partial charge in [-0.3, -0.25) is 28.8 Å². The SMILES string of the molecule is CC(=O)[C@H](C)CC(=O)[C@@H]1Cc2ccc(O)c(c2)-c2cc(ccc2OCCCN)[C@H](N(C)C(=O)[C@H](CCCCN)CC(=O)c2ccc(-c3ccc(Cl)cc3)cc2)C(=O)C[C@@H](C)C(=O)N1. The number of amides is 2. The zero-order chi connectivity index (χ0) is 45.8. The molecule has 1 aliphatic rings. The standard InChI is InChI=1S/C50H59ClN4O8/c1-30(32(3)56)24-45(59)42-27-33-9-19-43(57)40(26-33)41-28-37(16-20-47(41)63-23-7-22-53)48(46(60)25-31(2)49(61)54-42)55(4)50(62)38(8-5-6-21-52)29-44(58)36-12-10-34(11-13-36)35-14-17-39(51)18-15-35/h9-20,26,28,30-31,38,42,48,57H,5-8,21-25,27,29,52-53H2,1-4H3,(H,54,61)/t30-,31-,38-,42+,48+/m1/s1. The summed E-state index contributed by atoms with van der Waals surface area (Å²) in [5, 5.41) is 14.8. The third kappa shape index (κ3) is 12.7. The maximum absolute atomic E-state index is 14.8. The number of Topliss-reactive ketones (excluding diaryl/α,β-unsaturated/α-hetero) is 4. The van der Waals surface area contributed by atoms with E-state index in [0.29, 0.717) is 77.4 Å². The van der Waals surface area contributed by atoms with Crippen molar-refractivity contribution in [3.8, 4) is 33.8 Å². The molecular weight excluding hydrogens is 820 g/mol. The first-order valence-corrected chi connectivity index (χ1v) is 22.0. The van der Waals surface area contributed by atoms with Gasteiger partial charge in [0, 0.05) is 65.8 Å². The van der Waals surface area contributed by atoms with E-state index >= 15 is 0 Å². The first-order valence-electron chi connectivity index (χ1n) is 21.6. The second kappa shape index (κ2) is 22.6. The molecule has 0 unspecified atom stereocenters. The average Bonchev–Trinajstić information content (AvgIpc) is 3.26. The third-order valence-corrected chi connectivity index (χ3v) is 12.0. The van der Waals surface area contributed by atoms with Crippen LogP contribution in [0.25, 0.3) is 22.3 Å². The number of nitrogens with one attached hydrogen (secondary N) is 1. The number of likely N-dealkylation sites (N-methyl/N-ethyl adjacent to an activating group) is 1. The summed E-state index contributed by atoms with van der Waals surface area (Å²) in [7, 11) is 1.52. The molecule has 0 radical (unpaired) electrons. The number of nitrogens with two attached hydrogens (primary N) is 2. The highest BCUT2D eigenvalue weighted by Crippen LogP contribution is 2.40. The van der Waals surface area contributed by atoms with Gasteiger partial charge in [-0.2, -0.15) is 0 Å². The number of rotatable bonds is 18. The van der Waals surface area contributed by atoms with Crippen molar-refractivity contribution < 1.29 is 38.6 Å². The highest BCUT2D eigenvalue weighted by molar-refractivity contribution is 6.30. The minimum absolute atomic E-state index is 0.0584. The molecule has 5 rings (SSSR count). The van der Waals surface area contributed by atoms with Crippen LogP contribution in [0.15, 0.2) is 84.9 Å². The van der Waals surface area contributed by atoms with Crippen LogP contribution in [0.3, 0.4) is 0 Å². The van der Waals surface area contributed by atoms with Crippen molar-refractivity contribution >= 4 is 46.5 Å². The first kappa shape index (κ1) is 48.3. The Morgan fingerprint density at radius 2 is 1.52 bits per heavy atom. The Balaban J connectivity index is 1.55. The van der Waals surface area contributed by atoms with Gasteiger partial charge in [0.1, 0.15) is 23.3 Å². The van der Waals surface area contributed by atoms with Crippen LogP contribution in [0.4, 0.5) is 0 Å². The molecule has 13 heteroatoms. The van der Waals surface area contributed by atoms with E-state index < -0.39 is 47.4 Å². The zero-order valence-electron chi connectivity index (χ0n) is 36.5. The maximum atomic E-state index is 14.8. The molecule has 4 bridgehead atoms. The molecule has 5 atom stereocenters. The summed E-state index contributed by atoms with van der Waals surface area (Å²) in [6.07, 6.45) is 1.62. The number of benzene rings is 4. The van der Waals surface area contributed by atoms with Crippen molar-refractivity contribution in [2.45, 2.75) is 84.2 Å². The molecule has 1 aliphatic heterocycles. The lowest BCUT2D eigenvalue weighted by atomic mass is 9.87. The number of carbonyl (C=O) groups is 6. The van der Waals surface area contributed by atoms with Crippen LogP contribution in [-0.4, -0.2) is 77.7 Å². The number of fused-ring (bicyclic) bond motifs is 5. The van der Waals surface area contributed by atoms with Gasteiger partial charge in [0.05, 0.1) is 12.6 Å². The fraction of sp³-hybridized carbons (Fsp3) is 0.400. The average molecular weight is 879 g/mol. The lowest BCUT2D eigenvalue weighted by molar-refractivity contribution is -0.142. The van der Waals surface area contributed by atoms with E-state index in [4.69, 9.17) is 27.8 Å². The summed E-state index contributed by atoms with van der Waals surface area (Å²) in [5.41, 5.74) is 15.7. The highest BCUT2D eigenvalue weighted by Gasteiger charge is 2.36. The van der Waals surface area contributed by atoms with Crippen molar-refractivity contribution in [2.75, 3.05) is 26.7 Å². The second-order valence-electron chi connectivity index (χ2n) is 16.7. The lowest BCUT2D eigenvalue weighted by Gasteiger charge is -2.32. The Morgan fingerprint density at radius 3 is 2.17 bits per heavy atom. The fourth-order valence-electron chi connectivity index (χ4n) is 7.86. The molecule has 334 valence electrons. The molecule has 2 amide bonds. The number of halogens is 1. The number of aromatic hydroxyl groups is 1. The van der Waals surface area contributed by atoms with E-state index in [1.165, 1.54) is 24.9 Å². The number of hydrogen-bond acceptors (Lipinski definition) is 10. The molecule has 4 aromatic rings. The summed E-state index contributed by atoms with van der Waals surface area (Å²) < 4.78 is 6.17. The molecular formula is C50H59ClN4O8. The minimum Gasteiger partial charge on any atom is -0.507 e. The maximum Gasteiger partial charge on any atom is 0.226 e. The number of nitrogens with zero attached hydrogens (tertiary/aromatic N) is 1. The largest absolute Gasteiger partial charge is 0.507 e. The summed E-state index contributed by atoms with van der Waals surface area (Å²) in [5.74, 6) is -4.20. The van der Waals surface area contributed by atoms with Crippen molar-refractivity contribution in [2.24, 2.45) is 29.2 Å². The number of hydrogen-bond donors (Lipinski definition) is 4. The topological polar surface area (TPSA) is 199 Å². The lowest BCUT2D eigenvalue weighted by Crippen LogP contribution is -2.46. The predicted molar refractivity (Wildman–Crippen MR) is 244 cm³/mol. The van der Waals surface area contributed by atoms with Crippen LogP contribution in [0.5, 0.6) is 11.5 Å². The van der Waals surface area contributed by atoms with E-state index in [-0.39, 0.29) is 55.4 Å². The van der Waals surface area contributed by atoms with E-state index in [0.717, 1.165) is 11.1 Å². The number of ether oxygens (including phenoxy) is 1. The van der Waals surface area contributed by atoms with E-state index in [1.807, 2.05) is 24.3 Å². The number of phenols is 1. The molecule has 0 aromatic heterocycles.